The lowest BCUT2D eigenvalue weighted by molar-refractivity contribution is -0.144. The van der Waals surface area contributed by atoms with Crippen molar-refractivity contribution >= 4 is 11.9 Å². The number of hydrogen-bond donors (Lipinski definition) is 2. The third-order valence-electron chi connectivity index (χ3n) is 6.52. The van der Waals surface area contributed by atoms with Crippen LogP contribution in [0.3, 0.4) is 0 Å². The van der Waals surface area contributed by atoms with Gasteiger partial charge in [0.25, 0.3) is 0 Å². The first-order valence-electron chi connectivity index (χ1n) is 10.8. The Morgan fingerprint density at radius 3 is 2.61 bits per heavy atom. The van der Waals surface area contributed by atoms with Gasteiger partial charge in [-0.3, -0.25) is 14.5 Å². The number of rotatable bonds is 9. The number of carboxylic acid groups (broad SMARTS) is 1. The second kappa shape index (κ2) is 9.55. The number of nitrogens with one attached hydrogen (secondary N) is 1. The van der Waals surface area contributed by atoms with E-state index in [1.54, 1.807) is 0 Å². The van der Waals surface area contributed by atoms with E-state index < -0.39 is 17.3 Å². The molecule has 0 aromatic heterocycles. The average Bonchev–Trinajstić information content (AvgIpc) is 3.32. The van der Waals surface area contributed by atoms with Gasteiger partial charge in [0.05, 0.1) is 11.3 Å². The van der Waals surface area contributed by atoms with Crippen molar-refractivity contribution in [1.82, 2.24) is 10.2 Å². The quantitative estimate of drug-likeness (QED) is 0.677. The highest BCUT2D eigenvalue weighted by Crippen LogP contribution is 2.44. The smallest absolute Gasteiger partial charge is 0.306 e. The first-order valence-corrected chi connectivity index (χ1v) is 10.8. The van der Waals surface area contributed by atoms with Crippen molar-refractivity contribution in [3.63, 3.8) is 0 Å². The summed E-state index contributed by atoms with van der Waals surface area (Å²) in [4.78, 5) is 27.3. The summed E-state index contributed by atoms with van der Waals surface area (Å²) in [6, 6.07) is 10.6. The molecule has 1 saturated carbocycles. The summed E-state index contributed by atoms with van der Waals surface area (Å²) < 4.78 is 0. The first kappa shape index (κ1) is 20.8. The maximum atomic E-state index is 13.2. The van der Waals surface area contributed by atoms with E-state index in [1.165, 1.54) is 5.56 Å². The Kier molecular flexibility index (Phi) is 7.11. The molecule has 28 heavy (non-hydrogen) atoms. The molecule has 1 aromatic rings. The number of amides is 1. The summed E-state index contributed by atoms with van der Waals surface area (Å²) >= 11 is 0. The molecule has 2 fully saturated rings. The van der Waals surface area contributed by atoms with Crippen LogP contribution >= 0.6 is 0 Å². The minimum Gasteiger partial charge on any atom is -0.481 e. The molecule has 1 amide bonds. The number of carbonyl (C=O) groups excluding carboxylic acids is 1. The maximum Gasteiger partial charge on any atom is 0.306 e. The van der Waals surface area contributed by atoms with Crippen molar-refractivity contribution in [3.05, 3.63) is 35.9 Å². The zero-order valence-electron chi connectivity index (χ0n) is 17.0. The highest BCUT2D eigenvalue weighted by molar-refractivity contribution is 5.84. The molecule has 5 nitrogen and oxygen atoms in total. The van der Waals surface area contributed by atoms with Crippen molar-refractivity contribution in [2.24, 2.45) is 11.3 Å². The summed E-state index contributed by atoms with van der Waals surface area (Å²) in [5.41, 5.74) is 0.816. The van der Waals surface area contributed by atoms with Crippen LogP contribution in [-0.4, -0.2) is 41.0 Å². The topological polar surface area (TPSA) is 69.6 Å². The number of aliphatic carboxylic acids is 1. The van der Waals surface area contributed by atoms with Crippen molar-refractivity contribution in [2.45, 2.75) is 70.9 Å². The standard InChI is InChI=1S/C23H34N2O3/c1-2-8-19(21(26)27)15-23(12-6-7-13-23)22(28)24-20-11-14-25(17-20)16-18-9-4-3-5-10-18/h3-5,9-10,19-20H,2,6-8,11-17H2,1H3,(H,24,28)(H,26,27)/t19?,20-/m1/s1. The molecule has 2 atom stereocenters. The molecule has 1 unspecified atom stereocenters. The molecule has 3 rings (SSSR count). The lowest BCUT2D eigenvalue weighted by atomic mass is 9.75. The average molecular weight is 387 g/mol. The Hall–Kier alpha value is -1.88. The van der Waals surface area contributed by atoms with E-state index in [0.717, 1.165) is 58.2 Å². The molecule has 154 valence electrons. The number of carbonyl (C=O) groups is 2. The molecule has 5 heteroatoms. The van der Waals surface area contributed by atoms with Gasteiger partial charge in [0.15, 0.2) is 0 Å². The van der Waals surface area contributed by atoms with Crippen molar-refractivity contribution in [1.29, 1.82) is 0 Å². The minimum atomic E-state index is -0.754. The molecule has 0 bridgehead atoms. The van der Waals surface area contributed by atoms with E-state index in [2.05, 4.69) is 34.5 Å². The van der Waals surface area contributed by atoms with E-state index in [4.69, 9.17) is 0 Å². The first-order chi connectivity index (χ1) is 13.5. The lowest BCUT2D eigenvalue weighted by Gasteiger charge is -2.32. The SMILES string of the molecule is CCCC(CC1(C(=O)N[C@@H]2CCN(Cc3ccccc3)C2)CCCC1)C(=O)O. The van der Waals surface area contributed by atoms with Crippen molar-refractivity contribution < 1.29 is 14.7 Å². The summed E-state index contributed by atoms with van der Waals surface area (Å²) in [7, 11) is 0. The third-order valence-corrected chi connectivity index (χ3v) is 6.52. The van der Waals surface area contributed by atoms with Crippen LogP contribution in [0.1, 0.15) is 63.9 Å². The number of benzene rings is 1. The number of nitrogens with zero attached hydrogens (tertiary/aromatic N) is 1. The number of carboxylic acids is 1. The molecule has 1 saturated heterocycles. The Morgan fingerprint density at radius 1 is 1.25 bits per heavy atom. The Bertz CT molecular complexity index is 655. The predicted molar refractivity (Wildman–Crippen MR) is 110 cm³/mol. The van der Waals surface area contributed by atoms with E-state index in [9.17, 15) is 14.7 Å². The number of likely N-dealkylation sites (tertiary alicyclic amines) is 1. The van der Waals surface area contributed by atoms with E-state index in [1.807, 2.05) is 13.0 Å². The molecular weight excluding hydrogens is 352 g/mol. The van der Waals surface area contributed by atoms with Crippen LogP contribution in [-0.2, 0) is 16.1 Å². The zero-order valence-corrected chi connectivity index (χ0v) is 17.0. The van der Waals surface area contributed by atoms with Crippen LogP contribution < -0.4 is 5.32 Å². The maximum absolute atomic E-state index is 13.2. The van der Waals surface area contributed by atoms with Gasteiger partial charge in [-0.25, -0.2) is 0 Å². The van der Waals surface area contributed by atoms with Gasteiger partial charge in [-0.15, -0.1) is 0 Å². The van der Waals surface area contributed by atoms with Gasteiger partial charge >= 0.3 is 5.97 Å². The summed E-state index contributed by atoms with van der Waals surface area (Å²) in [5, 5.41) is 12.9. The van der Waals surface area contributed by atoms with Crippen LogP contribution in [0.15, 0.2) is 30.3 Å². The van der Waals surface area contributed by atoms with Gasteiger partial charge < -0.3 is 10.4 Å². The molecule has 2 aliphatic rings. The Labute approximate surface area is 168 Å². The minimum absolute atomic E-state index is 0.0962. The van der Waals surface area contributed by atoms with Gasteiger partial charge in [-0.05, 0) is 37.7 Å². The van der Waals surface area contributed by atoms with Crippen LogP contribution in [0.5, 0.6) is 0 Å². The van der Waals surface area contributed by atoms with E-state index in [0.29, 0.717) is 12.8 Å². The van der Waals surface area contributed by atoms with Crippen molar-refractivity contribution in [2.75, 3.05) is 13.1 Å². The molecular formula is C23H34N2O3. The zero-order chi connectivity index (χ0) is 20.0. The molecule has 1 heterocycles. The van der Waals surface area contributed by atoms with Crippen LogP contribution in [0.4, 0.5) is 0 Å². The molecule has 0 spiro atoms. The Morgan fingerprint density at radius 2 is 1.96 bits per heavy atom. The molecule has 1 aliphatic heterocycles. The fraction of sp³-hybridized carbons (Fsp3) is 0.652. The second-order valence-corrected chi connectivity index (χ2v) is 8.70. The van der Waals surface area contributed by atoms with Gasteiger partial charge in [-0.2, -0.15) is 0 Å². The largest absolute Gasteiger partial charge is 0.481 e. The molecule has 0 radical (unpaired) electrons. The summed E-state index contributed by atoms with van der Waals surface area (Å²) in [6.07, 6.45) is 6.64. The third kappa shape index (κ3) is 5.13. The van der Waals surface area contributed by atoms with Gasteiger partial charge in [0, 0.05) is 25.7 Å². The van der Waals surface area contributed by atoms with Crippen molar-refractivity contribution in [3.8, 4) is 0 Å². The summed E-state index contributed by atoms with van der Waals surface area (Å²) in [6.45, 7) is 4.78. The predicted octanol–water partition coefficient (Wildman–Crippen LogP) is 3.83. The van der Waals surface area contributed by atoms with Gasteiger partial charge in [0.2, 0.25) is 5.91 Å². The monoisotopic (exact) mass is 386 g/mol. The Balaban J connectivity index is 1.58. The van der Waals surface area contributed by atoms with Gasteiger partial charge in [-0.1, -0.05) is 56.5 Å². The van der Waals surface area contributed by atoms with Crippen LogP contribution in [0.25, 0.3) is 0 Å². The van der Waals surface area contributed by atoms with E-state index in [-0.39, 0.29) is 11.9 Å². The van der Waals surface area contributed by atoms with Gasteiger partial charge in [0.1, 0.15) is 0 Å². The van der Waals surface area contributed by atoms with Crippen LogP contribution in [0, 0.1) is 11.3 Å². The fourth-order valence-corrected chi connectivity index (χ4v) is 4.98. The summed E-state index contributed by atoms with van der Waals surface area (Å²) in [5.74, 6) is -1.07. The molecule has 1 aromatic carbocycles. The molecule has 2 N–H and O–H groups in total. The van der Waals surface area contributed by atoms with E-state index >= 15 is 0 Å². The highest BCUT2D eigenvalue weighted by atomic mass is 16.4. The lowest BCUT2D eigenvalue weighted by Crippen LogP contribution is -2.46. The van der Waals surface area contributed by atoms with Crippen LogP contribution in [0.2, 0.25) is 0 Å². The fourth-order valence-electron chi connectivity index (χ4n) is 4.98. The second-order valence-electron chi connectivity index (χ2n) is 8.70. The molecule has 1 aliphatic carbocycles. The number of hydrogen-bond acceptors (Lipinski definition) is 3. The highest BCUT2D eigenvalue weighted by Gasteiger charge is 2.44. The normalized spacial score (nSPS) is 22.8.